The molecule has 2 heterocycles. The van der Waals surface area contributed by atoms with E-state index in [4.69, 9.17) is 10.5 Å². The molecule has 4 heteroatoms. The summed E-state index contributed by atoms with van der Waals surface area (Å²) in [5.74, 6) is 0.150. The van der Waals surface area contributed by atoms with E-state index in [0.29, 0.717) is 17.5 Å². The Hall–Kier alpha value is -3.37. The molecule has 2 aromatic carbocycles. The third-order valence-corrected chi connectivity index (χ3v) is 5.19. The fraction of sp³-hybridized carbons (Fsp3) is 0.227. The molecule has 0 bridgehead atoms. The van der Waals surface area contributed by atoms with Crippen molar-refractivity contribution < 1.29 is 4.79 Å². The molecule has 0 saturated carbocycles. The predicted molar refractivity (Wildman–Crippen MR) is 98.5 cm³/mol. The molecule has 4 nitrogen and oxygen atoms in total. The van der Waals surface area contributed by atoms with Crippen LogP contribution in [0, 0.1) is 22.7 Å². The third kappa shape index (κ3) is 2.66. The molecule has 2 aliphatic rings. The normalized spacial score (nSPS) is 19.1. The van der Waals surface area contributed by atoms with Crippen LogP contribution < -0.4 is 0 Å². The Morgan fingerprint density at radius 2 is 1.46 bits per heavy atom. The van der Waals surface area contributed by atoms with E-state index < -0.39 is 0 Å². The minimum absolute atomic E-state index is 0.150. The minimum Gasteiger partial charge on any atom is -0.367 e. The molecule has 0 unspecified atom stereocenters. The van der Waals surface area contributed by atoms with Gasteiger partial charge in [-0.2, -0.15) is 10.5 Å². The molecule has 1 fully saturated rings. The molecular weight excluding hydrogens is 322 g/mol. The maximum absolute atomic E-state index is 13.0. The number of hydrogen-bond donors (Lipinski definition) is 0. The van der Waals surface area contributed by atoms with Gasteiger partial charge in [-0.1, -0.05) is 24.3 Å². The molecule has 1 saturated heterocycles. The summed E-state index contributed by atoms with van der Waals surface area (Å²) in [7, 11) is 0. The largest absolute Gasteiger partial charge is 0.367 e. The van der Waals surface area contributed by atoms with Crippen LogP contribution in [0.5, 0.6) is 0 Å². The Balaban J connectivity index is 1.91. The van der Waals surface area contributed by atoms with E-state index >= 15 is 0 Å². The number of carbonyl (C=O) groups excluding carboxylic acids is 1. The van der Waals surface area contributed by atoms with Crippen LogP contribution in [-0.2, 0) is 4.79 Å². The standard InChI is InChI=1S/C22H17N3O/c23-13-15-3-7-17(8-4-15)21-20(26)12-19-2-1-11-25(19)22(21)18-9-5-16(14-24)6-10-18/h3-10,19H,1-2,11-12H2/t19-/m1/s1. The van der Waals surface area contributed by atoms with Crippen LogP contribution in [0.25, 0.3) is 11.3 Å². The number of ketones is 1. The van der Waals surface area contributed by atoms with Gasteiger partial charge in [0.1, 0.15) is 0 Å². The predicted octanol–water partition coefficient (Wildman–Crippen LogP) is 3.74. The first kappa shape index (κ1) is 16.1. The van der Waals surface area contributed by atoms with Crippen LogP contribution in [0.4, 0.5) is 0 Å². The van der Waals surface area contributed by atoms with Gasteiger partial charge in [0.25, 0.3) is 0 Å². The van der Waals surface area contributed by atoms with Crippen molar-refractivity contribution in [1.82, 2.24) is 4.90 Å². The summed E-state index contributed by atoms with van der Waals surface area (Å²) in [6, 6.07) is 19.2. The third-order valence-electron chi connectivity index (χ3n) is 5.19. The average Bonchev–Trinajstić information content (AvgIpc) is 3.15. The Morgan fingerprint density at radius 3 is 2.04 bits per heavy atom. The Labute approximate surface area is 152 Å². The lowest BCUT2D eigenvalue weighted by Gasteiger charge is -2.35. The zero-order valence-corrected chi connectivity index (χ0v) is 14.3. The maximum Gasteiger partial charge on any atom is 0.167 e. The number of carbonyl (C=O) groups is 1. The highest BCUT2D eigenvalue weighted by atomic mass is 16.1. The second-order valence-electron chi connectivity index (χ2n) is 6.72. The zero-order chi connectivity index (χ0) is 18.1. The number of Topliss-reactive ketones (excluding diaryl/α,β-unsaturated/α-hetero) is 1. The van der Waals surface area contributed by atoms with E-state index in [2.05, 4.69) is 17.0 Å². The SMILES string of the molecule is N#Cc1ccc(C2=C(c3ccc(C#N)cc3)N3CCC[C@@H]3CC2=O)cc1. The highest BCUT2D eigenvalue weighted by Gasteiger charge is 2.37. The summed E-state index contributed by atoms with van der Waals surface area (Å²) in [5, 5.41) is 18.1. The van der Waals surface area contributed by atoms with Crippen molar-refractivity contribution in [1.29, 1.82) is 10.5 Å². The number of allylic oxidation sites excluding steroid dienone is 1. The highest BCUT2D eigenvalue weighted by Crippen LogP contribution is 2.41. The number of fused-ring (bicyclic) bond motifs is 1. The molecule has 4 rings (SSSR count). The minimum atomic E-state index is 0.150. The summed E-state index contributed by atoms with van der Waals surface area (Å²) >= 11 is 0. The molecule has 126 valence electrons. The van der Waals surface area contributed by atoms with Gasteiger partial charge < -0.3 is 4.90 Å². The van der Waals surface area contributed by atoms with Gasteiger partial charge in [-0.3, -0.25) is 4.79 Å². The van der Waals surface area contributed by atoms with Crippen molar-refractivity contribution in [3.05, 3.63) is 70.8 Å². The summed E-state index contributed by atoms with van der Waals surface area (Å²) < 4.78 is 0. The van der Waals surface area contributed by atoms with E-state index in [-0.39, 0.29) is 11.8 Å². The molecular formula is C22H17N3O. The first-order valence-electron chi connectivity index (χ1n) is 8.76. The Morgan fingerprint density at radius 1 is 0.885 bits per heavy atom. The van der Waals surface area contributed by atoms with Gasteiger partial charge in [0.2, 0.25) is 0 Å². The van der Waals surface area contributed by atoms with Gasteiger partial charge in [0.05, 0.1) is 29.0 Å². The zero-order valence-electron chi connectivity index (χ0n) is 14.3. The van der Waals surface area contributed by atoms with E-state index in [9.17, 15) is 4.79 Å². The highest BCUT2D eigenvalue weighted by molar-refractivity contribution is 6.28. The van der Waals surface area contributed by atoms with Gasteiger partial charge in [0.15, 0.2) is 5.78 Å². The van der Waals surface area contributed by atoms with E-state index in [1.165, 1.54) is 0 Å². The van der Waals surface area contributed by atoms with Crippen LogP contribution >= 0.6 is 0 Å². The molecule has 0 aliphatic carbocycles. The van der Waals surface area contributed by atoms with Gasteiger partial charge in [-0.25, -0.2) is 0 Å². The van der Waals surface area contributed by atoms with Crippen molar-refractivity contribution in [2.75, 3.05) is 6.54 Å². The smallest absolute Gasteiger partial charge is 0.167 e. The van der Waals surface area contributed by atoms with Crippen LogP contribution in [0.2, 0.25) is 0 Å². The van der Waals surface area contributed by atoms with E-state index in [1.54, 1.807) is 24.3 Å². The van der Waals surface area contributed by atoms with Crippen molar-refractivity contribution in [2.45, 2.75) is 25.3 Å². The number of nitriles is 2. The fourth-order valence-electron chi connectivity index (χ4n) is 3.96. The van der Waals surface area contributed by atoms with E-state index in [1.807, 2.05) is 24.3 Å². The topological polar surface area (TPSA) is 67.9 Å². The van der Waals surface area contributed by atoms with Crippen molar-refractivity contribution in [3.63, 3.8) is 0 Å². The van der Waals surface area contributed by atoms with Gasteiger partial charge in [-0.05, 0) is 48.2 Å². The van der Waals surface area contributed by atoms with Gasteiger partial charge in [-0.15, -0.1) is 0 Å². The summed E-state index contributed by atoms with van der Waals surface area (Å²) in [6.07, 6.45) is 2.65. The number of rotatable bonds is 2. The molecule has 0 spiro atoms. The summed E-state index contributed by atoms with van der Waals surface area (Å²) in [4.78, 5) is 15.3. The van der Waals surface area contributed by atoms with Crippen LogP contribution in [0.3, 0.4) is 0 Å². The van der Waals surface area contributed by atoms with Gasteiger partial charge in [0, 0.05) is 24.6 Å². The monoisotopic (exact) mass is 339 g/mol. The molecule has 0 amide bonds. The Bertz CT molecular complexity index is 972. The number of nitrogens with zero attached hydrogens (tertiary/aromatic N) is 3. The summed E-state index contributed by atoms with van der Waals surface area (Å²) in [6.45, 7) is 0.938. The molecule has 0 aromatic heterocycles. The van der Waals surface area contributed by atoms with Crippen LogP contribution in [0.15, 0.2) is 48.5 Å². The molecule has 0 N–H and O–H groups in total. The van der Waals surface area contributed by atoms with Crippen molar-refractivity contribution in [3.8, 4) is 12.1 Å². The van der Waals surface area contributed by atoms with Crippen LogP contribution in [0.1, 0.15) is 41.5 Å². The lowest BCUT2D eigenvalue weighted by atomic mass is 9.87. The Kier molecular flexibility index (Phi) is 4.03. The second-order valence-corrected chi connectivity index (χ2v) is 6.72. The first-order chi connectivity index (χ1) is 12.7. The van der Waals surface area contributed by atoms with Gasteiger partial charge >= 0.3 is 0 Å². The molecule has 1 atom stereocenters. The molecule has 2 aliphatic heterocycles. The molecule has 26 heavy (non-hydrogen) atoms. The van der Waals surface area contributed by atoms with Crippen molar-refractivity contribution in [2.24, 2.45) is 0 Å². The first-order valence-corrected chi connectivity index (χ1v) is 8.76. The van der Waals surface area contributed by atoms with E-state index in [0.717, 1.165) is 41.8 Å². The summed E-state index contributed by atoms with van der Waals surface area (Å²) in [5.41, 5.74) is 4.67. The lowest BCUT2D eigenvalue weighted by Crippen LogP contribution is -2.36. The average molecular weight is 339 g/mol. The number of hydrogen-bond acceptors (Lipinski definition) is 4. The maximum atomic E-state index is 13.0. The lowest BCUT2D eigenvalue weighted by molar-refractivity contribution is -0.114. The number of benzene rings is 2. The molecule has 2 aromatic rings. The quantitative estimate of drug-likeness (QED) is 0.836. The second kappa shape index (κ2) is 6.50. The molecule has 0 radical (unpaired) electrons. The van der Waals surface area contributed by atoms with Crippen molar-refractivity contribution >= 4 is 17.1 Å². The van der Waals surface area contributed by atoms with Crippen LogP contribution in [-0.4, -0.2) is 23.3 Å². The fourth-order valence-corrected chi connectivity index (χ4v) is 3.96.